The number of ether oxygens (including phenoxy) is 5. The molecule has 2 aliphatic heterocycles. The molecule has 6 aromatic rings. The van der Waals surface area contributed by atoms with Crippen molar-refractivity contribution in [2.45, 2.75) is 74.7 Å². The molecule has 6 heterocycles. The number of pyridine rings is 1. The zero-order chi connectivity index (χ0) is 53.5. The highest BCUT2D eigenvalue weighted by Gasteiger charge is 2.40. The van der Waals surface area contributed by atoms with Crippen LogP contribution in [0.4, 0.5) is 5.82 Å². The summed E-state index contributed by atoms with van der Waals surface area (Å²) in [6.45, 7) is 11.3. The summed E-state index contributed by atoms with van der Waals surface area (Å²) in [5.41, 5.74) is 0.744. The predicted octanol–water partition coefficient (Wildman–Crippen LogP) is 3.92. The summed E-state index contributed by atoms with van der Waals surface area (Å²) in [6.07, 6.45) is 6.26. The fourth-order valence-electron chi connectivity index (χ4n) is 9.43. The molecule has 0 spiro atoms. The van der Waals surface area contributed by atoms with Crippen LogP contribution in [0.15, 0.2) is 94.0 Å². The maximum Gasteiger partial charge on any atom is 0.323 e. The number of benzene rings is 2. The lowest BCUT2D eigenvalue weighted by atomic mass is 9.90. The highest BCUT2D eigenvalue weighted by Crippen LogP contribution is 2.38. The monoisotopic (exact) mass is 1070 g/mol. The molecule has 2 fully saturated rings. The molecule has 0 unspecified atom stereocenters. The Morgan fingerprint density at radius 2 is 1.52 bits per heavy atom. The Kier molecular flexibility index (Phi) is 17.0. The van der Waals surface area contributed by atoms with Gasteiger partial charge in [-0.05, 0) is 99.9 Å². The first-order valence-electron chi connectivity index (χ1n) is 24.5. The van der Waals surface area contributed by atoms with Crippen LogP contribution < -0.4 is 24.7 Å². The number of amides is 1. The molecule has 1 amide bonds. The van der Waals surface area contributed by atoms with Crippen LogP contribution in [0.2, 0.25) is 0 Å². The van der Waals surface area contributed by atoms with E-state index in [4.69, 9.17) is 33.8 Å². The number of nitrogens with one attached hydrogen (secondary N) is 1. The van der Waals surface area contributed by atoms with Crippen LogP contribution in [0.3, 0.4) is 0 Å². The molecule has 0 radical (unpaired) electrons. The number of piperidine rings is 1. The number of aliphatic carboxylic acids is 1. The second-order valence-corrected chi connectivity index (χ2v) is 22.7. The number of nitrogens with zero attached hydrogens (tertiary/aromatic N) is 9. The summed E-state index contributed by atoms with van der Waals surface area (Å²) in [5, 5.41) is 17.8. The molecule has 2 aliphatic rings. The molecule has 0 bridgehead atoms. The Bertz CT molecular complexity index is 3280. The van der Waals surface area contributed by atoms with E-state index in [1.54, 1.807) is 38.4 Å². The molecule has 2 N–H and O–H groups in total. The van der Waals surface area contributed by atoms with E-state index < -0.39 is 44.0 Å². The Hall–Kier alpha value is -6.77. The Balaban J connectivity index is 0.695. The minimum atomic E-state index is -4.21. The van der Waals surface area contributed by atoms with Crippen LogP contribution in [0.5, 0.6) is 11.6 Å². The van der Waals surface area contributed by atoms with E-state index in [9.17, 15) is 31.2 Å². The number of hydrogen-bond acceptors (Lipinski definition) is 17. The van der Waals surface area contributed by atoms with Gasteiger partial charge in [0, 0.05) is 50.7 Å². The lowest BCUT2D eigenvalue weighted by Gasteiger charge is -2.34. The van der Waals surface area contributed by atoms with E-state index in [0.29, 0.717) is 108 Å². The van der Waals surface area contributed by atoms with Crippen LogP contribution in [-0.4, -0.2) is 150 Å². The highest BCUT2D eigenvalue weighted by atomic mass is 32.2. The molecule has 1 atom stereocenters. The van der Waals surface area contributed by atoms with E-state index in [2.05, 4.69) is 40.7 Å². The molecule has 2 saturated heterocycles. The third-order valence-corrected chi connectivity index (χ3v) is 16.3. The first-order chi connectivity index (χ1) is 35.8. The number of anilines is 1. The minimum absolute atomic E-state index is 0.0263. The highest BCUT2D eigenvalue weighted by molar-refractivity contribution is 7.90. The molecule has 23 nitrogen and oxygen atoms in total. The van der Waals surface area contributed by atoms with Crippen LogP contribution in [-0.2, 0) is 52.6 Å². The molecule has 402 valence electrons. The summed E-state index contributed by atoms with van der Waals surface area (Å²) in [5.74, 6) is 0.289. The first kappa shape index (κ1) is 54.5. The predicted molar refractivity (Wildman–Crippen MR) is 273 cm³/mol. The van der Waals surface area contributed by atoms with Gasteiger partial charge in [0.25, 0.3) is 21.5 Å². The standard InChI is InChI=1S/C50H62N10O13S2/c1-34-29-50(3,4)59(30-34)47-41(48(63)55-74(65,66)43-31-56(5)53-35(43)2)12-13-44(52-47)60-19-16-45(54-60)73-27-25-71-23-21-69-20-22-70-24-26-72-38-8-6-36(7-9-38)37-14-17-58(18-15-37)75(67,68)39-10-11-40-42(28-39)51-33-57(49(40)64)32-46(61)62/h6-13,16,19,28,31,33-34,37H,14-15,17-18,20-27,29-30,32H2,1-5H3,(H,55,63)(H,61,62)/t34-/m0/s1. The van der Waals surface area contributed by atoms with Gasteiger partial charge in [0.05, 0.1) is 73.0 Å². The number of rotatable bonds is 24. The molecule has 0 aliphatic carbocycles. The van der Waals surface area contributed by atoms with Gasteiger partial charge in [0.15, 0.2) is 5.82 Å². The van der Waals surface area contributed by atoms with Gasteiger partial charge in [-0.2, -0.15) is 9.40 Å². The van der Waals surface area contributed by atoms with Gasteiger partial charge in [-0.15, -0.1) is 5.10 Å². The van der Waals surface area contributed by atoms with Crippen molar-refractivity contribution >= 4 is 48.6 Å². The smallest absolute Gasteiger partial charge is 0.323 e. The number of sulfonamides is 2. The second-order valence-electron chi connectivity index (χ2n) is 19.1. The van der Waals surface area contributed by atoms with Crippen LogP contribution in [0, 0.1) is 12.8 Å². The zero-order valence-corrected chi connectivity index (χ0v) is 44.1. The van der Waals surface area contributed by atoms with Crippen LogP contribution in [0.25, 0.3) is 16.7 Å². The summed E-state index contributed by atoms with van der Waals surface area (Å²) < 4.78 is 89.6. The van der Waals surface area contributed by atoms with Gasteiger partial charge in [-0.1, -0.05) is 19.1 Å². The summed E-state index contributed by atoms with van der Waals surface area (Å²) in [7, 11) is -6.45. The van der Waals surface area contributed by atoms with Crippen molar-refractivity contribution in [1.29, 1.82) is 0 Å². The first-order valence-corrected chi connectivity index (χ1v) is 27.4. The normalized spacial score (nSPS) is 16.4. The number of carbonyl (C=O) groups is 2. The van der Waals surface area contributed by atoms with E-state index in [-0.39, 0.29) is 50.0 Å². The van der Waals surface area contributed by atoms with Gasteiger partial charge in [-0.25, -0.2) is 36.2 Å². The van der Waals surface area contributed by atoms with Gasteiger partial charge >= 0.3 is 5.97 Å². The number of aromatic nitrogens is 7. The van der Waals surface area contributed by atoms with Gasteiger partial charge < -0.3 is 33.7 Å². The zero-order valence-electron chi connectivity index (χ0n) is 42.5. The van der Waals surface area contributed by atoms with Gasteiger partial charge in [0.1, 0.15) is 36.2 Å². The molecule has 25 heteroatoms. The molecule has 8 rings (SSSR count). The van der Waals surface area contributed by atoms with Crippen molar-refractivity contribution in [3.8, 4) is 17.4 Å². The van der Waals surface area contributed by atoms with E-state index >= 15 is 0 Å². The minimum Gasteiger partial charge on any atom is -0.491 e. The van der Waals surface area contributed by atoms with Crippen molar-refractivity contribution in [3.05, 3.63) is 107 Å². The molecular weight excluding hydrogens is 1010 g/mol. The quantitative estimate of drug-likeness (QED) is 0.0813. The average Bonchev–Trinajstić information content (AvgIpc) is 4.08. The molecular formula is C50H62N10O13S2. The van der Waals surface area contributed by atoms with Gasteiger partial charge in [-0.3, -0.25) is 23.6 Å². The van der Waals surface area contributed by atoms with Crippen molar-refractivity contribution in [2.75, 3.05) is 77.4 Å². The Morgan fingerprint density at radius 3 is 2.15 bits per heavy atom. The van der Waals surface area contributed by atoms with Crippen molar-refractivity contribution in [1.82, 2.24) is 43.1 Å². The third kappa shape index (κ3) is 13.2. The number of carboxylic acids is 1. The maximum atomic E-state index is 13.7. The maximum absolute atomic E-state index is 13.7. The SMILES string of the molecule is Cc1nn(C)cc1S(=O)(=O)NC(=O)c1ccc(-n2ccc(OCCOCCOCCOCCOc3ccc(C4CCN(S(=O)(=O)c5ccc6c(=O)n(CC(=O)O)cnc6c5)CC4)cc3)n2)nc1N1C[C@@H](C)CC1(C)C. The second kappa shape index (κ2) is 23.4. The van der Waals surface area contributed by atoms with E-state index in [1.807, 2.05) is 29.2 Å². The largest absolute Gasteiger partial charge is 0.491 e. The summed E-state index contributed by atoms with van der Waals surface area (Å²) in [4.78, 5) is 48.3. The number of aryl methyl sites for hydroxylation is 2. The molecule has 0 saturated carbocycles. The van der Waals surface area contributed by atoms with Crippen molar-refractivity contribution in [3.63, 3.8) is 0 Å². The van der Waals surface area contributed by atoms with Crippen LogP contribution >= 0.6 is 0 Å². The van der Waals surface area contributed by atoms with Crippen molar-refractivity contribution < 1.29 is 55.2 Å². The summed E-state index contributed by atoms with van der Waals surface area (Å²) in [6, 6.07) is 16.7. The summed E-state index contributed by atoms with van der Waals surface area (Å²) >= 11 is 0. The molecule has 75 heavy (non-hydrogen) atoms. The van der Waals surface area contributed by atoms with Gasteiger partial charge in [0.2, 0.25) is 15.9 Å². The average molecular weight is 1080 g/mol. The number of carbonyl (C=O) groups excluding carboxylic acids is 1. The Morgan fingerprint density at radius 1 is 0.853 bits per heavy atom. The third-order valence-electron chi connectivity index (χ3n) is 13.0. The van der Waals surface area contributed by atoms with E-state index in [1.165, 1.54) is 38.1 Å². The molecule has 4 aromatic heterocycles. The Labute approximate surface area is 434 Å². The number of hydrogen-bond donors (Lipinski definition) is 2. The van der Waals surface area contributed by atoms with Crippen LogP contribution in [0.1, 0.15) is 67.6 Å². The number of carboxylic acid groups (broad SMARTS) is 1. The topological polar surface area (TPSA) is 271 Å². The fraction of sp³-hybridized carbons (Fsp3) is 0.460. The lowest BCUT2D eigenvalue weighted by molar-refractivity contribution is -0.137. The molecule has 2 aromatic carbocycles. The lowest BCUT2D eigenvalue weighted by Crippen LogP contribution is -2.41. The number of fused-ring (bicyclic) bond motifs is 1. The van der Waals surface area contributed by atoms with Crippen molar-refractivity contribution in [2.24, 2.45) is 13.0 Å². The van der Waals surface area contributed by atoms with E-state index in [0.717, 1.165) is 22.9 Å². The fourth-order valence-corrected chi connectivity index (χ4v) is 12.1.